The summed E-state index contributed by atoms with van der Waals surface area (Å²) in [6.07, 6.45) is 7.50. The maximum Gasteiger partial charge on any atom is 0.317 e. The van der Waals surface area contributed by atoms with E-state index in [0.29, 0.717) is 28.5 Å². The molecule has 0 spiro atoms. The lowest BCUT2D eigenvalue weighted by molar-refractivity contribution is 0.203. The lowest BCUT2D eigenvalue weighted by Crippen LogP contribution is -2.45. The molecule has 5 N–H and O–H groups in total. The molecule has 1 atom stereocenters. The maximum atomic E-state index is 12.5. The molecule has 2 aromatic heterocycles. The van der Waals surface area contributed by atoms with Gasteiger partial charge in [0, 0.05) is 54.0 Å². The van der Waals surface area contributed by atoms with Gasteiger partial charge in [-0.25, -0.2) is 14.8 Å². The first-order valence-electron chi connectivity index (χ1n) is 11.1. The van der Waals surface area contributed by atoms with Crippen molar-refractivity contribution in [1.82, 2.24) is 20.2 Å². The van der Waals surface area contributed by atoms with E-state index in [4.69, 9.17) is 15.9 Å². The largest absolute Gasteiger partial charge is 0.494 e. The number of aryl methyl sites for hydroxylation is 1. The highest BCUT2D eigenvalue weighted by Gasteiger charge is 2.28. The summed E-state index contributed by atoms with van der Waals surface area (Å²) in [4.78, 5) is 25.7. The van der Waals surface area contributed by atoms with Crippen LogP contribution in [-0.2, 0) is 12.8 Å². The molecule has 2 aliphatic rings. The van der Waals surface area contributed by atoms with E-state index in [0.717, 1.165) is 55.4 Å². The lowest BCUT2D eigenvalue weighted by atomic mass is 9.93. The van der Waals surface area contributed by atoms with E-state index in [2.05, 4.69) is 20.6 Å². The van der Waals surface area contributed by atoms with Crippen LogP contribution in [0, 0.1) is 5.41 Å². The van der Waals surface area contributed by atoms with E-state index in [1.807, 2.05) is 4.90 Å². The van der Waals surface area contributed by atoms with Gasteiger partial charge in [-0.2, -0.15) is 0 Å². The minimum atomic E-state index is 0.0571. The van der Waals surface area contributed by atoms with Crippen LogP contribution in [0.4, 0.5) is 22.0 Å². The molecule has 3 heterocycles. The molecule has 2 amide bonds. The van der Waals surface area contributed by atoms with Gasteiger partial charge < -0.3 is 31.4 Å². The Hall–Kier alpha value is -3.40. The zero-order valence-electron chi connectivity index (χ0n) is 18.5. The number of hydrogen-bond acceptors (Lipinski definition) is 8. The Morgan fingerprint density at radius 3 is 2.91 bits per heavy atom. The molecule has 1 fully saturated rings. The molecule has 0 bridgehead atoms. The third kappa shape index (κ3) is 4.06. The third-order valence-corrected chi connectivity index (χ3v) is 7.54. The average molecular weight is 466 g/mol. The summed E-state index contributed by atoms with van der Waals surface area (Å²) in [5.74, 6) is 1.29. The average Bonchev–Trinajstić information content (AvgIpc) is 3.48. The second-order valence-electron chi connectivity index (χ2n) is 8.44. The number of nitrogens with one attached hydrogen (secondary N) is 3. The zero-order valence-corrected chi connectivity index (χ0v) is 19.3. The van der Waals surface area contributed by atoms with Gasteiger partial charge >= 0.3 is 6.03 Å². The smallest absolute Gasteiger partial charge is 0.317 e. The van der Waals surface area contributed by atoms with Gasteiger partial charge in [0.2, 0.25) is 0 Å². The fraction of sp³-hybridized carbons (Fsp3) is 0.391. The molecule has 1 saturated heterocycles. The second-order valence-corrected chi connectivity index (χ2v) is 9.52. The summed E-state index contributed by atoms with van der Waals surface area (Å²) >= 11 is 1.66. The number of likely N-dealkylation sites (tertiary alicyclic amines) is 1. The molecule has 9 nitrogen and oxygen atoms in total. The molecule has 10 heteroatoms. The molecule has 0 saturated carbocycles. The number of rotatable bonds is 5. The minimum Gasteiger partial charge on any atom is -0.494 e. The van der Waals surface area contributed by atoms with E-state index < -0.39 is 0 Å². The van der Waals surface area contributed by atoms with E-state index in [-0.39, 0.29) is 12.1 Å². The van der Waals surface area contributed by atoms with E-state index in [9.17, 15) is 4.79 Å². The standard InChI is InChI=1S/C23H27N7O2S/c1-32-18-10-16(25)13(11-24)8-17(18)29-21-20-15-5-4-14(28-23(31)30-6-2-3-7-30)9-19(15)33-22(20)27-12-26-21/h8,10-12,14,24H,2-7,9,25H2,1H3,(H,28,31)(H,26,27,29). The van der Waals surface area contributed by atoms with Crippen LogP contribution in [0.25, 0.3) is 10.2 Å². The van der Waals surface area contributed by atoms with Gasteiger partial charge in [-0.3, -0.25) is 0 Å². The van der Waals surface area contributed by atoms with E-state index in [1.54, 1.807) is 36.9 Å². The molecular weight excluding hydrogens is 438 g/mol. The minimum absolute atomic E-state index is 0.0571. The number of aromatic nitrogens is 2. The summed E-state index contributed by atoms with van der Waals surface area (Å²) in [5, 5.41) is 15.2. The number of fused-ring (bicyclic) bond motifs is 3. The molecule has 3 aromatic rings. The Balaban J connectivity index is 1.42. The number of urea groups is 1. The lowest BCUT2D eigenvalue weighted by Gasteiger charge is -2.26. The Morgan fingerprint density at radius 2 is 2.15 bits per heavy atom. The fourth-order valence-corrected chi connectivity index (χ4v) is 5.91. The van der Waals surface area contributed by atoms with Crippen LogP contribution in [0.3, 0.4) is 0 Å². The molecule has 0 radical (unpaired) electrons. The number of nitrogen functional groups attached to an aromatic ring is 1. The van der Waals surface area contributed by atoms with Crippen molar-refractivity contribution >= 4 is 51.0 Å². The van der Waals surface area contributed by atoms with Crippen molar-refractivity contribution in [3.63, 3.8) is 0 Å². The molecule has 1 aliphatic heterocycles. The number of anilines is 3. The first kappa shape index (κ1) is 21.4. The Morgan fingerprint density at radius 1 is 1.33 bits per heavy atom. The highest BCUT2D eigenvalue weighted by molar-refractivity contribution is 7.19. The van der Waals surface area contributed by atoms with Crippen LogP contribution in [-0.4, -0.2) is 53.4 Å². The van der Waals surface area contributed by atoms with Crippen LogP contribution < -0.4 is 21.1 Å². The summed E-state index contributed by atoms with van der Waals surface area (Å²) in [6, 6.07) is 3.69. The normalized spacial score (nSPS) is 17.6. The monoisotopic (exact) mass is 465 g/mol. The SMILES string of the molecule is COc1cc(N)c(C=N)cc1Nc1ncnc2sc3c(c12)CCC(NC(=O)N1CCCC1)C3. The Kier molecular flexibility index (Phi) is 5.76. The molecule has 1 aromatic carbocycles. The summed E-state index contributed by atoms with van der Waals surface area (Å²) in [5.41, 5.74) is 9.03. The number of ether oxygens (including phenoxy) is 1. The van der Waals surface area contributed by atoms with Crippen LogP contribution in [0.5, 0.6) is 5.75 Å². The van der Waals surface area contributed by atoms with Gasteiger partial charge in [-0.1, -0.05) is 0 Å². The molecule has 172 valence electrons. The van der Waals surface area contributed by atoms with Crippen LogP contribution >= 0.6 is 11.3 Å². The number of benzene rings is 1. The topological polar surface area (TPSA) is 129 Å². The number of hydrogen-bond donors (Lipinski definition) is 4. The highest BCUT2D eigenvalue weighted by Crippen LogP contribution is 2.40. The number of amides is 2. The summed E-state index contributed by atoms with van der Waals surface area (Å²) < 4.78 is 5.49. The van der Waals surface area contributed by atoms with Gasteiger partial charge in [0.15, 0.2) is 0 Å². The maximum absolute atomic E-state index is 12.5. The van der Waals surface area contributed by atoms with Crippen LogP contribution in [0.2, 0.25) is 0 Å². The second kappa shape index (κ2) is 8.86. The number of carbonyl (C=O) groups is 1. The summed E-state index contributed by atoms with van der Waals surface area (Å²) in [6.45, 7) is 1.71. The number of carbonyl (C=O) groups excluding carboxylic acids is 1. The van der Waals surface area contributed by atoms with Crippen LogP contribution in [0.15, 0.2) is 18.5 Å². The van der Waals surface area contributed by atoms with E-state index in [1.165, 1.54) is 16.7 Å². The molecule has 33 heavy (non-hydrogen) atoms. The van der Waals surface area contributed by atoms with Crippen molar-refractivity contribution in [2.45, 2.75) is 38.1 Å². The zero-order chi connectivity index (χ0) is 22.9. The molecule has 1 unspecified atom stereocenters. The van der Waals surface area contributed by atoms with Gasteiger partial charge in [0.1, 0.15) is 22.7 Å². The number of methoxy groups -OCH3 is 1. The van der Waals surface area contributed by atoms with Crippen molar-refractivity contribution in [3.8, 4) is 5.75 Å². The Labute approximate surface area is 195 Å². The van der Waals surface area contributed by atoms with Gasteiger partial charge in [-0.15, -0.1) is 11.3 Å². The predicted octanol–water partition coefficient (Wildman–Crippen LogP) is 3.69. The molecule has 1 aliphatic carbocycles. The number of nitrogens with zero attached hydrogens (tertiary/aromatic N) is 3. The van der Waals surface area contributed by atoms with Crippen molar-refractivity contribution in [1.29, 1.82) is 5.41 Å². The van der Waals surface area contributed by atoms with Crippen molar-refractivity contribution in [2.24, 2.45) is 0 Å². The van der Waals surface area contributed by atoms with Crippen molar-refractivity contribution < 1.29 is 9.53 Å². The molecule has 5 rings (SSSR count). The van der Waals surface area contributed by atoms with Crippen molar-refractivity contribution in [3.05, 3.63) is 34.5 Å². The predicted molar refractivity (Wildman–Crippen MR) is 131 cm³/mol. The summed E-state index contributed by atoms with van der Waals surface area (Å²) in [7, 11) is 1.59. The molecular formula is C23H27N7O2S. The Bertz CT molecular complexity index is 1220. The number of thiophene rings is 1. The highest BCUT2D eigenvalue weighted by atomic mass is 32.1. The third-order valence-electron chi connectivity index (χ3n) is 6.38. The number of nitrogens with two attached hydrogens (primary N) is 1. The first-order chi connectivity index (χ1) is 16.1. The van der Waals surface area contributed by atoms with Crippen LogP contribution in [0.1, 0.15) is 35.3 Å². The van der Waals surface area contributed by atoms with Crippen molar-refractivity contribution in [2.75, 3.05) is 31.2 Å². The van der Waals surface area contributed by atoms with E-state index >= 15 is 0 Å². The van der Waals surface area contributed by atoms with Gasteiger partial charge in [-0.05, 0) is 37.3 Å². The van der Waals surface area contributed by atoms with Gasteiger partial charge in [0.05, 0.1) is 18.2 Å². The quantitative estimate of drug-likeness (QED) is 0.336. The fourth-order valence-electron chi connectivity index (χ4n) is 4.65. The van der Waals surface area contributed by atoms with Gasteiger partial charge in [0.25, 0.3) is 0 Å². The first-order valence-corrected chi connectivity index (χ1v) is 11.9.